The van der Waals surface area contributed by atoms with Gasteiger partial charge < -0.3 is 35.0 Å². The zero-order valence-corrected chi connectivity index (χ0v) is 12.5. The number of phenolic OH excluding ortho intramolecular Hbond substituents is 1. The predicted octanol–water partition coefficient (Wildman–Crippen LogP) is -0.306. The molecule has 1 aromatic rings. The lowest BCUT2D eigenvalue weighted by molar-refractivity contribution is -0.222. The fourth-order valence-corrected chi connectivity index (χ4v) is 2.59. The Hall–Kier alpha value is -1.38. The fourth-order valence-electron chi connectivity index (χ4n) is 2.59. The van der Waals surface area contributed by atoms with Crippen LogP contribution in [-0.2, 0) is 4.74 Å². The van der Waals surface area contributed by atoms with Crippen molar-refractivity contribution in [2.75, 3.05) is 7.11 Å². The molecule has 0 saturated carbocycles. The van der Waals surface area contributed by atoms with E-state index in [2.05, 4.69) is 0 Å². The third-order valence-corrected chi connectivity index (χ3v) is 4.00. The van der Waals surface area contributed by atoms with E-state index >= 15 is 0 Å². The minimum Gasteiger partial charge on any atom is -0.504 e. The number of aromatic hydroxyl groups is 1. The molecule has 0 spiro atoms. The van der Waals surface area contributed by atoms with Gasteiger partial charge in [0.1, 0.15) is 18.3 Å². The van der Waals surface area contributed by atoms with Gasteiger partial charge in [-0.1, -0.05) is 6.07 Å². The molecule has 7 nitrogen and oxygen atoms in total. The third-order valence-electron chi connectivity index (χ3n) is 4.00. The van der Waals surface area contributed by atoms with Gasteiger partial charge in [-0.25, -0.2) is 0 Å². The summed E-state index contributed by atoms with van der Waals surface area (Å²) in [6, 6.07) is 4.42. The monoisotopic (exact) mass is 314 g/mol. The highest BCUT2D eigenvalue weighted by Gasteiger charge is 2.42. The SMILES string of the molecule is COc1cc(C(O)C[C@H]2O[C@H](C)[C@H](O)[C@H](O)[C@H]2O)ccc1O. The highest BCUT2D eigenvalue weighted by Crippen LogP contribution is 2.32. The van der Waals surface area contributed by atoms with Crippen LogP contribution in [-0.4, -0.2) is 63.2 Å². The average molecular weight is 314 g/mol. The minimum atomic E-state index is -1.32. The van der Waals surface area contributed by atoms with Crippen molar-refractivity contribution in [3.8, 4) is 11.5 Å². The first-order chi connectivity index (χ1) is 10.3. The molecule has 0 bridgehead atoms. The molecule has 1 saturated heterocycles. The number of methoxy groups -OCH3 is 1. The van der Waals surface area contributed by atoms with E-state index in [1.54, 1.807) is 6.92 Å². The Bertz CT molecular complexity index is 507. The van der Waals surface area contributed by atoms with Crippen molar-refractivity contribution in [3.05, 3.63) is 23.8 Å². The van der Waals surface area contributed by atoms with Crippen LogP contribution in [0.1, 0.15) is 25.0 Å². The summed E-state index contributed by atoms with van der Waals surface area (Å²) in [6.07, 6.45) is -6.20. The average Bonchev–Trinajstić information content (AvgIpc) is 2.50. The molecule has 7 heteroatoms. The van der Waals surface area contributed by atoms with Gasteiger partial charge in [0, 0.05) is 6.42 Å². The van der Waals surface area contributed by atoms with Crippen molar-refractivity contribution in [3.63, 3.8) is 0 Å². The molecule has 1 aromatic carbocycles. The molecule has 5 N–H and O–H groups in total. The summed E-state index contributed by atoms with van der Waals surface area (Å²) >= 11 is 0. The van der Waals surface area contributed by atoms with E-state index < -0.39 is 36.6 Å². The second kappa shape index (κ2) is 6.80. The molecule has 6 atom stereocenters. The smallest absolute Gasteiger partial charge is 0.160 e. The normalized spacial score (nSPS) is 33.5. The molecule has 1 unspecified atom stereocenters. The summed E-state index contributed by atoms with van der Waals surface area (Å²) < 4.78 is 10.4. The summed E-state index contributed by atoms with van der Waals surface area (Å²) in [5.41, 5.74) is 0.485. The van der Waals surface area contributed by atoms with Crippen LogP contribution in [0, 0.1) is 0 Å². The number of phenols is 1. The van der Waals surface area contributed by atoms with Crippen LogP contribution in [0.4, 0.5) is 0 Å². The topological polar surface area (TPSA) is 120 Å². The summed E-state index contributed by atoms with van der Waals surface area (Å²) in [5.74, 6) is 0.185. The van der Waals surface area contributed by atoms with Crippen molar-refractivity contribution in [1.82, 2.24) is 0 Å². The largest absolute Gasteiger partial charge is 0.504 e. The number of aliphatic hydroxyl groups is 4. The maximum Gasteiger partial charge on any atom is 0.160 e. The second-order valence-corrected chi connectivity index (χ2v) is 5.53. The Morgan fingerprint density at radius 1 is 1.18 bits per heavy atom. The van der Waals surface area contributed by atoms with Crippen LogP contribution >= 0.6 is 0 Å². The van der Waals surface area contributed by atoms with E-state index in [4.69, 9.17) is 9.47 Å². The van der Waals surface area contributed by atoms with Crippen LogP contribution in [0.15, 0.2) is 18.2 Å². The number of rotatable bonds is 4. The third kappa shape index (κ3) is 3.34. The number of benzene rings is 1. The zero-order chi connectivity index (χ0) is 16.4. The number of aliphatic hydroxyl groups excluding tert-OH is 4. The van der Waals surface area contributed by atoms with Gasteiger partial charge >= 0.3 is 0 Å². The Morgan fingerprint density at radius 3 is 2.50 bits per heavy atom. The van der Waals surface area contributed by atoms with Crippen molar-refractivity contribution < 1.29 is 35.0 Å². The van der Waals surface area contributed by atoms with Gasteiger partial charge in [0.15, 0.2) is 11.5 Å². The summed E-state index contributed by atoms with van der Waals surface area (Å²) in [5, 5.41) is 49.2. The van der Waals surface area contributed by atoms with Crippen LogP contribution in [0.3, 0.4) is 0 Å². The first-order valence-corrected chi connectivity index (χ1v) is 7.09. The summed E-state index contributed by atoms with van der Waals surface area (Å²) in [6.45, 7) is 1.59. The van der Waals surface area contributed by atoms with Gasteiger partial charge in [-0.3, -0.25) is 0 Å². The minimum absolute atomic E-state index is 0.0310. The van der Waals surface area contributed by atoms with Crippen molar-refractivity contribution in [2.24, 2.45) is 0 Å². The lowest BCUT2D eigenvalue weighted by Crippen LogP contribution is -2.56. The van der Waals surface area contributed by atoms with Crippen LogP contribution in [0.5, 0.6) is 11.5 Å². The van der Waals surface area contributed by atoms with E-state index in [1.807, 2.05) is 0 Å². The van der Waals surface area contributed by atoms with Crippen LogP contribution in [0.25, 0.3) is 0 Å². The maximum absolute atomic E-state index is 10.3. The van der Waals surface area contributed by atoms with Crippen molar-refractivity contribution >= 4 is 0 Å². The van der Waals surface area contributed by atoms with Crippen molar-refractivity contribution in [1.29, 1.82) is 0 Å². The van der Waals surface area contributed by atoms with E-state index in [0.29, 0.717) is 5.56 Å². The number of hydrogen-bond donors (Lipinski definition) is 5. The fraction of sp³-hybridized carbons (Fsp3) is 0.600. The second-order valence-electron chi connectivity index (χ2n) is 5.53. The first kappa shape index (κ1) is 17.0. The van der Waals surface area contributed by atoms with Gasteiger partial charge in [0.25, 0.3) is 0 Å². The van der Waals surface area contributed by atoms with Gasteiger partial charge in [0.2, 0.25) is 0 Å². The highest BCUT2D eigenvalue weighted by molar-refractivity contribution is 5.42. The molecule has 22 heavy (non-hydrogen) atoms. The standard InChI is InChI=1S/C15H22O7/c1-7-13(18)15(20)14(19)12(22-7)6-10(17)8-3-4-9(16)11(5-8)21-2/h3-5,7,10,12-20H,6H2,1-2H3/t7-,10?,12-,13+,14+,15+/m1/s1. The van der Waals surface area contributed by atoms with E-state index in [-0.39, 0.29) is 17.9 Å². The molecule has 1 aliphatic rings. The molecule has 2 rings (SSSR count). The molecular weight excluding hydrogens is 292 g/mol. The molecule has 0 aromatic heterocycles. The van der Waals surface area contributed by atoms with Crippen LogP contribution in [0.2, 0.25) is 0 Å². The molecule has 0 aliphatic carbocycles. The molecule has 1 fully saturated rings. The van der Waals surface area contributed by atoms with Crippen molar-refractivity contribution in [2.45, 2.75) is 50.0 Å². The Balaban J connectivity index is 2.09. The Labute approximate surface area is 128 Å². The lowest BCUT2D eigenvalue weighted by Gasteiger charge is -2.40. The molecular formula is C15H22O7. The molecule has 0 radical (unpaired) electrons. The molecule has 1 aliphatic heterocycles. The Kier molecular flexibility index (Phi) is 5.25. The molecule has 0 amide bonds. The molecule has 1 heterocycles. The zero-order valence-electron chi connectivity index (χ0n) is 12.5. The predicted molar refractivity (Wildman–Crippen MR) is 76.6 cm³/mol. The molecule has 124 valence electrons. The quantitative estimate of drug-likeness (QED) is 0.517. The van der Waals surface area contributed by atoms with Gasteiger partial charge in [0.05, 0.1) is 25.4 Å². The number of ether oxygens (including phenoxy) is 2. The van der Waals surface area contributed by atoms with Gasteiger partial charge in [-0.05, 0) is 24.6 Å². The summed E-state index contributed by atoms with van der Waals surface area (Å²) in [7, 11) is 1.40. The van der Waals surface area contributed by atoms with Gasteiger partial charge in [-0.15, -0.1) is 0 Å². The van der Waals surface area contributed by atoms with E-state index in [9.17, 15) is 25.5 Å². The van der Waals surface area contributed by atoms with E-state index in [0.717, 1.165) is 0 Å². The highest BCUT2D eigenvalue weighted by atomic mass is 16.5. The van der Waals surface area contributed by atoms with Gasteiger partial charge in [-0.2, -0.15) is 0 Å². The number of hydrogen-bond acceptors (Lipinski definition) is 7. The summed E-state index contributed by atoms with van der Waals surface area (Å²) in [4.78, 5) is 0. The van der Waals surface area contributed by atoms with Crippen LogP contribution < -0.4 is 4.74 Å². The Morgan fingerprint density at radius 2 is 1.86 bits per heavy atom. The van der Waals surface area contributed by atoms with E-state index in [1.165, 1.54) is 25.3 Å². The lowest BCUT2D eigenvalue weighted by atomic mass is 9.91. The first-order valence-electron chi connectivity index (χ1n) is 7.09. The maximum atomic E-state index is 10.3.